The maximum atomic E-state index is 2.43. The Kier molecular flexibility index (Phi) is 0.962. The Morgan fingerprint density at radius 3 is 1.60 bits per heavy atom. The van der Waals surface area contributed by atoms with Crippen LogP contribution in [0.4, 0.5) is 0 Å². The Hall–Kier alpha value is -0.260. The van der Waals surface area contributed by atoms with Crippen LogP contribution in [0.15, 0.2) is 12.2 Å². The van der Waals surface area contributed by atoms with Crippen LogP contribution in [0, 0.1) is 16.7 Å². The molecule has 56 valence electrons. The third-order valence-corrected chi connectivity index (χ3v) is 4.03. The van der Waals surface area contributed by atoms with E-state index in [9.17, 15) is 0 Å². The van der Waals surface area contributed by atoms with E-state index in [2.05, 4.69) is 32.9 Å². The van der Waals surface area contributed by atoms with Crippen molar-refractivity contribution in [1.82, 2.24) is 0 Å². The summed E-state index contributed by atoms with van der Waals surface area (Å²) >= 11 is 0. The van der Waals surface area contributed by atoms with Crippen LogP contribution in [0.2, 0.25) is 0 Å². The third kappa shape index (κ3) is 0.531. The lowest BCUT2D eigenvalue weighted by Crippen LogP contribution is -2.19. The summed E-state index contributed by atoms with van der Waals surface area (Å²) in [5, 5.41) is 0. The molecule has 0 radical (unpaired) electrons. The van der Waals surface area contributed by atoms with Crippen LogP contribution in [-0.2, 0) is 0 Å². The van der Waals surface area contributed by atoms with Crippen LogP contribution in [-0.4, -0.2) is 0 Å². The Labute approximate surface area is 63.3 Å². The van der Waals surface area contributed by atoms with Crippen LogP contribution in [0.5, 0.6) is 0 Å². The van der Waals surface area contributed by atoms with E-state index in [0.29, 0.717) is 10.8 Å². The van der Waals surface area contributed by atoms with Gasteiger partial charge in [0, 0.05) is 0 Å². The van der Waals surface area contributed by atoms with Crippen LogP contribution >= 0.6 is 0 Å². The van der Waals surface area contributed by atoms with Gasteiger partial charge in [-0.15, -0.1) is 0 Å². The summed E-state index contributed by atoms with van der Waals surface area (Å²) in [6, 6.07) is 0. The van der Waals surface area contributed by atoms with Gasteiger partial charge in [-0.25, -0.2) is 0 Å². The Morgan fingerprint density at radius 1 is 1.10 bits per heavy atom. The molecule has 10 heavy (non-hydrogen) atoms. The predicted octanol–water partition coefficient (Wildman–Crippen LogP) is 3.00. The van der Waals surface area contributed by atoms with Crippen molar-refractivity contribution in [3.05, 3.63) is 12.2 Å². The van der Waals surface area contributed by atoms with Gasteiger partial charge in [-0.2, -0.15) is 0 Å². The maximum Gasteiger partial charge on any atom is -0.0112 e. The molecule has 1 saturated carbocycles. The van der Waals surface area contributed by atoms with Gasteiger partial charge in [0.25, 0.3) is 0 Å². The number of hydrogen-bond acceptors (Lipinski definition) is 0. The molecule has 0 nitrogen and oxygen atoms in total. The van der Waals surface area contributed by atoms with Gasteiger partial charge >= 0.3 is 0 Å². The average molecular weight is 136 g/mol. The first kappa shape index (κ1) is 6.45. The van der Waals surface area contributed by atoms with E-state index in [-0.39, 0.29) is 0 Å². The molecule has 0 amide bonds. The van der Waals surface area contributed by atoms with Crippen molar-refractivity contribution in [2.45, 2.75) is 33.6 Å². The normalized spacial score (nSPS) is 58.1. The summed E-state index contributed by atoms with van der Waals surface area (Å²) in [5.74, 6) is 0.875. The molecule has 0 aromatic carbocycles. The van der Waals surface area contributed by atoms with Crippen molar-refractivity contribution in [3.63, 3.8) is 0 Å². The molecule has 0 aromatic heterocycles. The summed E-state index contributed by atoms with van der Waals surface area (Å²) < 4.78 is 0. The van der Waals surface area contributed by atoms with E-state index in [1.165, 1.54) is 12.8 Å². The summed E-state index contributed by atoms with van der Waals surface area (Å²) in [5.41, 5.74) is 1.10. The van der Waals surface area contributed by atoms with Crippen molar-refractivity contribution in [2.75, 3.05) is 0 Å². The molecule has 2 aliphatic carbocycles. The molecule has 2 bridgehead atoms. The summed E-state index contributed by atoms with van der Waals surface area (Å²) in [6.07, 6.45) is 7.67. The second kappa shape index (κ2) is 1.49. The zero-order valence-corrected chi connectivity index (χ0v) is 7.15. The molecule has 2 aliphatic rings. The van der Waals surface area contributed by atoms with E-state index in [0.717, 1.165) is 5.92 Å². The SMILES string of the molecule is CC1C2(C)C=CC1(C)CC2. The van der Waals surface area contributed by atoms with Gasteiger partial charge in [-0.1, -0.05) is 32.9 Å². The van der Waals surface area contributed by atoms with Crippen LogP contribution in [0.25, 0.3) is 0 Å². The first-order chi connectivity index (χ1) is 4.57. The first-order valence-electron chi connectivity index (χ1n) is 4.27. The molecule has 1 fully saturated rings. The van der Waals surface area contributed by atoms with E-state index in [1.807, 2.05) is 0 Å². The molecule has 0 heterocycles. The second-order valence-corrected chi connectivity index (χ2v) is 4.57. The Balaban J connectivity index is 2.43. The lowest BCUT2D eigenvalue weighted by Gasteiger charge is -2.25. The van der Waals surface area contributed by atoms with Crippen LogP contribution < -0.4 is 0 Å². The molecule has 0 spiro atoms. The quantitative estimate of drug-likeness (QED) is 0.449. The summed E-state index contributed by atoms with van der Waals surface area (Å²) in [7, 11) is 0. The zero-order valence-electron chi connectivity index (χ0n) is 7.15. The molecule has 0 aliphatic heterocycles. The number of hydrogen-bond donors (Lipinski definition) is 0. The number of allylic oxidation sites excluding steroid dienone is 2. The van der Waals surface area contributed by atoms with Crippen molar-refractivity contribution in [1.29, 1.82) is 0 Å². The molecule has 0 heteroatoms. The largest absolute Gasteiger partial charge is 0.0817 e. The van der Waals surface area contributed by atoms with Crippen LogP contribution in [0.3, 0.4) is 0 Å². The molecule has 2 unspecified atom stereocenters. The van der Waals surface area contributed by atoms with Crippen molar-refractivity contribution < 1.29 is 0 Å². The fourth-order valence-electron chi connectivity index (χ4n) is 2.56. The fourth-order valence-corrected chi connectivity index (χ4v) is 2.56. The average Bonchev–Trinajstić information content (AvgIpc) is 2.24. The Morgan fingerprint density at radius 2 is 1.50 bits per heavy atom. The van der Waals surface area contributed by atoms with Crippen molar-refractivity contribution >= 4 is 0 Å². The van der Waals surface area contributed by atoms with E-state index in [1.54, 1.807) is 0 Å². The maximum absolute atomic E-state index is 2.43. The summed E-state index contributed by atoms with van der Waals surface area (Å²) in [6.45, 7) is 7.19. The van der Waals surface area contributed by atoms with E-state index < -0.39 is 0 Å². The Bertz CT molecular complexity index is 172. The van der Waals surface area contributed by atoms with Gasteiger partial charge in [0.2, 0.25) is 0 Å². The molecule has 2 rings (SSSR count). The minimum atomic E-state index is 0.550. The highest BCUT2D eigenvalue weighted by Gasteiger charge is 2.50. The van der Waals surface area contributed by atoms with Crippen molar-refractivity contribution in [3.8, 4) is 0 Å². The zero-order chi connectivity index (χ0) is 7.41. The molecule has 2 atom stereocenters. The van der Waals surface area contributed by atoms with Gasteiger partial charge in [-0.05, 0) is 29.6 Å². The highest BCUT2D eigenvalue weighted by Crippen LogP contribution is 2.60. The molecule has 0 saturated heterocycles. The summed E-state index contributed by atoms with van der Waals surface area (Å²) in [4.78, 5) is 0. The molecular formula is C10H16. The highest BCUT2D eigenvalue weighted by atomic mass is 14.5. The fraction of sp³-hybridized carbons (Fsp3) is 0.800. The molecule has 0 aromatic rings. The molecule has 0 N–H and O–H groups in total. The minimum absolute atomic E-state index is 0.550. The number of rotatable bonds is 0. The third-order valence-electron chi connectivity index (χ3n) is 4.03. The minimum Gasteiger partial charge on any atom is -0.0817 e. The van der Waals surface area contributed by atoms with Gasteiger partial charge in [0.15, 0.2) is 0 Å². The predicted molar refractivity (Wildman–Crippen MR) is 43.8 cm³/mol. The van der Waals surface area contributed by atoms with Gasteiger partial charge in [0.1, 0.15) is 0 Å². The topological polar surface area (TPSA) is 0 Å². The van der Waals surface area contributed by atoms with E-state index in [4.69, 9.17) is 0 Å². The second-order valence-electron chi connectivity index (χ2n) is 4.57. The highest BCUT2D eigenvalue weighted by molar-refractivity contribution is 5.22. The van der Waals surface area contributed by atoms with Crippen LogP contribution in [0.1, 0.15) is 33.6 Å². The standard InChI is InChI=1S/C10H16/c1-8-9(2)4-6-10(8,3)7-5-9/h4,6,8H,5,7H2,1-3H3. The smallest absolute Gasteiger partial charge is 0.0112 e. The lowest BCUT2D eigenvalue weighted by molar-refractivity contribution is 0.265. The van der Waals surface area contributed by atoms with Gasteiger partial charge in [0.05, 0.1) is 0 Å². The number of fused-ring (bicyclic) bond motifs is 2. The lowest BCUT2D eigenvalue weighted by atomic mass is 9.79. The monoisotopic (exact) mass is 136 g/mol. The van der Waals surface area contributed by atoms with E-state index >= 15 is 0 Å². The van der Waals surface area contributed by atoms with Gasteiger partial charge < -0.3 is 0 Å². The first-order valence-corrected chi connectivity index (χ1v) is 4.27. The van der Waals surface area contributed by atoms with Gasteiger partial charge in [-0.3, -0.25) is 0 Å². The molecular weight excluding hydrogens is 120 g/mol. The van der Waals surface area contributed by atoms with Crippen molar-refractivity contribution in [2.24, 2.45) is 16.7 Å².